The van der Waals surface area contributed by atoms with Crippen molar-refractivity contribution in [2.45, 2.75) is 129 Å². The van der Waals surface area contributed by atoms with Gasteiger partial charge in [0.1, 0.15) is 0 Å². The number of fused-ring (bicyclic) bond motifs is 3. The number of rotatable bonds is 18. The summed E-state index contributed by atoms with van der Waals surface area (Å²) in [4.78, 5) is 2.50. The van der Waals surface area contributed by atoms with Crippen molar-refractivity contribution in [3.05, 3.63) is 113 Å². The summed E-state index contributed by atoms with van der Waals surface area (Å²) in [5.41, 5.74) is 12.6. The molecule has 0 spiro atoms. The molecule has 1 aliphatic rings. The zero-order valence-electron chi connectivity index (χ0n) is 28.7. The van der Waals surface area contributed by atoms with Gasteiger partial charge in [-0.2, -0.15) is 0 Å². The van der Waals surface area contributed by atoms with Gasteiger partial charge in [-0.25, -0.2) is 0 Å². The number of hydrogen-bond acceptors (Lipinski definition) is 1. The molecule has 1 nitrogen and oxygen atoms in total. The highest BCUT2D eigenvalue weighted by Gasteiger charge is 2.42. The van der Waals surface area contributed by atoms with E-state index in [4.69, 9.17) is 0 Å². The fourth-order valence-electron chi connectivity index (χ4n) is 7.79. The summed E-state index contributed by atoms with van der Waals surface area (Å²) in [5, 5.41) is 0. The van der Waals surface area contributed by atoms with Gasteiger partial charge in [0.25, 0.3) is 0 Å². The van der Waals surface area contributed by atoms with Crippen molar-refractivity contribution in [3.63, 3.8) is 0 Å². The van der Waals surface area contributed by atoms with E-state index >= 15 is 0 Å². The maximum Gasteiger partial charge on any atom is 0.0465 e. The largest absolute Gasteiger partial charge is 0.310 e. The van der Waals surface area contributed by atoms with E-state index in [1.807, 2.05) is 0 Å². The van der Waals surface area contributed by atoms with Gasteiger partial charge in [-0.3, -0.25) is 0 Å². The Bertz CT molecular complexity index is 1480. The summed E-state index contributed by atoms with van der Waals surface area (Å²) in [6, 6.07) is 34.9. The maximum atomic E-state index is 2.59. The average Bonchev–Trinajstić information content (AvgIpc) is 3.33. The molecule has 5 rings (SSSR count). The SMILES string of the molecule is CCCCCCCCC1(CCCCCCCC)c2ccccc2-c2ccc(N(c3cccc(C)c3)c3cccc(CC)c3)cc21. The fourth-order valence-corrected chi connectivity index (χ4v) is 7.79. The van der Waals surface area contributed by atoms with Gasteiger partial charge < -0.3 is 4.90 Å². The Labute approximate surface area is 275 Å². The normalized spacial score (nSPS) is 13.1. The lowest BCUT2D eigenvalue weighted by atomic mass is 9.70. The maximum absolute atomic E-state index is 2.59. The molecule has 0 atom stereocenters. The number of nitrogens with zero attached hydrogens (tertiary/aromatic N) is 1. The summed E-state index contributed by atoms with van der Waals surface area (Å²) in [6.07, 6.45) is 19.7. The Morgan fingerprint density at radius 1 is 0.489 bits per heavy atom. The molecular formula is C44H57N. The monoisotopic (exact) mass is 599 g/mol. The minimum atomic E-state index is 0.0843. The van der Waals surface area contributed by atoms with E-state index in [1.54, 1.807) is 11.1 Å². The van der Waals surface area contributed by atoms with E-state index < -0.39 is 0 Å². The number of hydrogen-bond donors (Lipinski definition) is 0. The van der Waals surface area contributed by atoms with Crippen LogP contribution in [-0.4, -0.2) is 0 Å². The molecule has 4 aromatic rings. The van der Waals surface area contributed by atoms with Gasteiger partial charge in [0.15, 0.2) is 0 Å². The first kappa shape index (κ1) is 33.1. The first-order chi connectivity index (χ1) is 22.1. The number of benzene rings is 4. The molecule has 45 heavy (non-hydrogen) atoms. The van der Waals surface area contributed by atoms with E-state index in [2.05, 4.69) is 124 Å². The highest BCUT2D eigenvalue weighted by molar-refractivity contribution is 5.86. The molecule has 0 unspecified atom stereocenters. The van der Waals surface area contributed by atoms with Crippen LogP contribution in [0.5, 0.6) is 0 Å². The van der Waals surface area contributed by atoms with Crippen LogP contribution in [0, 0.1) is 6.92 Å². The molecule has 0 fully saturated rings. The third kappa shape index (κ3) is 7.74. The second-order valence-corrected chi connectivity index (χ2v) is 13.6. The van der Waals surface area contributed by atoms with E-state index in [-0.39, 0.29) is 5.41 Å². The van der Waals surface area contributed by atoms with Gasteiger partial charge >= 0.3 is 0 Å². The zero-order valence-corrected chi connectivity index (χ0v) is 28.7. The molecule has 0 radical (unpaired) electrons. The molecule has 0 saturated heterocycles. The van der Waals surface area contributed by atoms with Crippen LogP contribution in [-0.2, 0) is 11.8 Å². The molecule has 238 valence electrons. The summed E-state index contributed by atoms with van der Waals surface area (Å²) in [6.45, 7) is 9.09. The predicted molar refractivity (Wildman–Crippen MR) is 197 cm³/mol. The van der Waals surface area contributed by atoms with Gasteiger partial charge in [0, 0.05) is 22.5 Å². The average molecular weight is 600 g/mol. The van der Waals surface area contributed by atoms with Crippen LogP contribution in [0.2, 0.25) is 0 Å². The van der Waals surface area contributed by atoms with Crippen LogP contribution in [0.1, 0.15) is 133 Å². The zero-order chi connectivity index (χ0) is 31.5. The van der Waals surface area contributed by atoms with Crippen LogP contribution in [0.15, 0.2) is 91.0 Å². The van der Waals surface area contributed by atoms with Crippen LogP contribution in [0.25, 0.3) is 11.1 Å². The summed E-state index contributed by atoms with van der Waals surface area (Å²) in [7, 11) is 0. The molecule has 1 aliphatic carbocycles. The quantitative estimate of drug-likeness (QED) is 0.103. The topological polar surface area (TPSA) is 3.24 Å². The molecule has 0 amide bonds. The molecule has 0 N–H and O–H groups in total. The summed E-state index contributed by atoms with van der Waals surface area (Å²) in [5.74, 6) is 0. The van der Waals surface area contributed by atoms with Crippen molar-refractivity contribution in [1.29, 1.82) is 0 Å². The number of unbranched alkanes of at least 4 members (excludes halogenated alkanes) is 10. The van der Waals surface area contributed by atoms with Crippen LogP contribution in [0.3, 0.4) is 0 Å². The predicted octanol–water partition coefficient (Wildman–Crippen LogP) is 13.8. The third-order valence-corrected chi connectivity index (χ3v) is 10.3. The lowest BCUT2D eigenvalue weighted by Gasteiger charge is -2.34. The third-order valence-electron chi connectivity index (χ3n) is 10.3. The van der Waals surface area contributed by atoms with Crippen LogP contribution >= 0.6 is 0 Å². The lowest BCUT2D eigenvalue weighted by Crippen LogP contribution is -2.26. The van der Waals surface area contributed by atoms with Crippen molar-refractivity contribution in [1.82, 2.24) is 0 Å². The summed E-state index contributed by atoms with van der Waals surface area (Å²) >= 11 is 0. The molecule has 0 bridgehead atoms. The highest BCUT2D eigenvalue weighted by Crippen LogP contribution is 2.55. The first-order valence-corrected chi connectivity index (χ1v) is 18.3. The lowest BCUT2D eigenvalue weighted by molar-refractivity contribution is 0.398. The van der Waals surface area contributed by atoms with Crippen molar-refractivity contribution in [2.75, 3.05) is 4.90 Å². The molecular weight excluding hydrogens is 542 g/mol. The minimum Gasteiger partial charge on any atom is -0.310 e. The number of anilines is 3. The van der Waals surface area contributed by atoms with Gasteiger partial charge in [-0.1, -0.05) is 152 Å². The Morgan fingerprint density at radius 3 is 1.73 bits per heavy atom. The molecule has 0 aromatic heterocycles. The van der Waals surface area contributed by atoms with Gasteiger partial charge in [0.2, 0.25) is 0 Å². The molecule has 0 heterocycles. The molecule has 4 aromatic carbocycles. The van der Waals surface area contributed by atoms with Crippen molar-refractivity contribution >= 4 is 17.1 Å². The van der Waals surface area contributed by atoms with E-state index in [0.29, 0.717) is 0 Å². The minimum absolute atomic E-state index is 0.0843. The molecule has 1 heteroatoms. The van der Waals surface area contributed by atoms with Crippen molar-refractivity contribution < 1.29 is 0 Å². The van der Waals surface area contributed by atoms with Crippen LogP contribution in [0.4, 0.5) is 17.1 Å². The highest BCUT2D eigenvalue weighted by atomic mass is 15.1. The smallest absolute Gasteiger partial charge is 0.0465 e. The van der Waals surface area contributed by atoms with Gasteiger partial charge in [0.05, 0.1) is 0 Å². The Hall–Kier alpha value is -3.32. The van der Waals surface area contributed by atoms with Crippen LogP contribution < -0.4 is 4.90 Å². The van der Waals surface area contributed by atoms with Gasteiger partial charge in [-0.15, -0.1) is 0 Å². The standard InChI is InChI=1S/C44H57N/c1-5-8-10-12-14-18-30-44(31-19-15-13-11-9-6-2)42-27-17-16-26-40(42)41-29-28-39(34-43(41)44)45(37-24-20-22-35(4)32-37)38-25-21-23-36(7-3)33-38/h16-17,20-29,32-34H,5-15,18-19,30-31H2,1-4H3. The van der Waals surface area contributed by atoms with E-state index in [9.17, 15) is 0 Å². The Kier molecular flexibility index (Phi) is 12.0. The van der Waals surface area contributed by atoms with E-state index in [0.717, 1.165) is 6.42 Å². The first-order valence-electron chi connectivity index (χ1n) is 18.3. The Morgan fingerprint density at radius 2 is 1.07 bits per heavy atom. The Balaban J connectivity index is 1.58. The molecule has 0 aliphatic heterocycles. The van der Waals surface area contributed by atoms with E-state index in [1.165, 1.54) is 129 Å². The van der Waals surface area contributed by atoms with Crippen molar-refractivity contribution in [2.24, 2.45) is 0 Å². The van der Waals surface area contributed by atoms with Crippen molar-refractivity contribution in [3.8, 4) is 11.1 Å². The molecule has 0 saturated carbocycles. The summed E-state index contributed by atoms with van der Waals surface area (Å²) < 4.78 is 0. The fraction of sp³-hybridized carbons (Fsp3) is 0.455. The van der Waals surface area contributed by atoms with Gasteiger partial charge in [-0.05, 0) is 96.0 Å². The number of aryl methyl sites for hydroxylation is 2. The second-order valence-electron chi connectivity index (χ2n) is 13.6. The second kappa shape index (κ2) is 16.3.